The highest BCUT2D eigenvalue weighted by atomic mass is 16.6. The molecule has 0 radical (unpaired) electrons. The zero-order valence-electron chi connectivity index (χ0n) is 15.7. The van der Waals surface area contributed by atoms with Gasteiger partial charge in [-0.1, -0.05) is 56.3 Å². The molecule has 1 amide bonds. The highest BCUT2D eigenvalue weighted by molar-refractivity contribution is 6.06. The fourth-order valence-electron chi connectivity index (χ4n) is 4.71. The van der Waals surface area contributed by atoms with Crippen molar-refractivity contribution in [2.45, 2.75) is 37.3 Å². The summed E-state index contributed by atoms with van der Waals surface area (Å²) in [7, 11) is 1.81. The quantitative estimate of drug-likeness (QED) is 0.669. The van der Waals surface area contributed by atoms with Gasteiger partial charge < -0.3 is 5.32 Å². The number of carbonyl (C=O) groups is 1. The Hall–Kier alpha value is -2.73. The van der Waals surface area contributed by atoms with Crippen LogP contribution in [0.5, 0.6) is 0 Å². The average molecular weight is 365 g/mol. The van der Waals surface area contributed by atoms with Crippen LogP contribution in [0.2, 0.25) is 0 Å². The summed E-state index contributed by atoms with van der Waals surface area (Å²) < 4.78 is 0. The van der Waals surface area contributed by atoms with Gasteiger partial charge >= 0.3 is 0 Å². The monoisotopic (exact) mass is 365 g/mol. The third-order valence-electron chi connectivity index (χ3n) is 6.07. The van der Waals surface area contributed by atoms with Crippen molar-refractivity contribution < 1.29 is 9.72 Å². The highest BCUT2D eigenvalue weighted by Crippen LogP contribution is 2.51. The maximum absolute atomic E-state index is 13.0. The molecule has 140 valence electrons. The third kappa shape index (κ3) is 2.40. The second-order valence-corrected chi connectivity index (χ2v) is 7.80. The summed E-state index contributed by atoms with van der Waals surface area (Å²) in [6, 6.07) is 14.3. The Morgan fingerprint density at radius 2 is 1.85 bits per heavy atom. The Morgan fingerprint density at radius 3 is 2.48 bits per heavy atom. The molecule has 4 rings (SSSR count). The van der Waals surface area contributed by atoms with Gasteiger partial charge in [-0.15, -0.1) is 0 Å². The molecule has 0 aliphatic carbocycles. The van der Waals surface area contributed by atoms with Gasteiger partial charge in [0.1, 0.15) is 0 Å². The Bertz CT molecular complexity index is 909. The van der Waals surface area contributed by atoms with E-state index in [-0.39, 0.29) is 16.7 Å². The van der Waals surface area contributed by atoms with E-state index in [0.717, 1.165) is 5.56 Å². The van der Waals surface area contributed by atoms with Crippen LogP contribution in [-0.2, 0) is 10.3 Å². The minimum absolute atomic E-state index is 0.272. The van der Waals surface area contributed by atoms with E-state index in [2.05, 4.69) is 19.2 Å². The van der Waals surface area contributed by atoms with Crippen molar-refractivity contribution >= 4 is 11.6 Å². The smallest absolute Gasteiger partial charge is 0.256 e. The molecule has 0 aromatic heterocycles. The van der Waals surface area contributed by atoms with E-state index < -0.39 is 11.6 Å². The van der Waals surface area contributed by atoms with E-state index in [4.69, 9.17) is 0 Å². The summed E-state index contributed by atoms with van der Waals surface area (Å²) in [5.74, 6) is -0.271. The summed E-state index contributed by atoms with van der Waals surface area (Å²) in [5, 5.41) is 15.1. The molecule has 2 heterocycles. The minimum Gasteiger partial charge on any atom is -0.324 e. The molecule has 27 heavy (non-hydrogen) atoms. The van der Waals surface area contributed by atoms with Crippen molar-refractivity contribution in [2.24, 2.45) is 0 Å². The zero-order chi connectivity index (χ0) is 19.3. The number of hydrogen-bond donors (Lipinski definition) is 1. The van der Waals surface area contributed by atoms with Crippen molar-refractivity contribution in [3.8, 4) is 0 Å². The second-order valence-electron chi connectivity index (χ2n) is 7.80. The van der Waals surface area contributed by atoms with Crippen molar-refractivity contribution in [1.82, 2.24) is 4.90 Å². The first-order chi connectivity index (χ1) is 12.9. The van der Waals surface area contributed by atoms with Crippen molar-refractivity contribution in [3.63, 3.8) is 0 Å². The number of para-hydroxylation sites is 1. The molecule has 0 bridgehead atoms. The largest absolute Gasteiger partial charge is 0.324 e. The lowest BCUT2D eigenvalue weighted by molar-refractivity contribution is -0.534. The summed E-state index contributed by atoms with van der Waals surface area (Å²) in [6.45, 7) is 4.69. The van der Waals surface area contributed by atoms with Gasteiger partial charge in [0.05, 0.1) is 5.92 Å². The maximum atomic E-state index is 13.0. The molecular weight excluding hydrogens is 342 g/mol. The molecule has 2 aliphatic heterocycles. The van der Waals surface area contributed by atoms with Gasteiger partial charge in [-0.05, 0) is 30.2 Å². The van der Waals surface area contributed by atoms with Crippen LogP contribution in [0.25, 0.3) is 0 Å². The fourth-order valence-corrected chi connectivity index (χ4v) is 4.71. The molecule has 0 saturated carbocycles. The van der Waals surface area contributed by atoms with E-state index in [0.29, 0.717) is 23.7 Å². The van der Waals surface area contributed by atoms with Crippen LogP contribution < -0.4 is 5.32 Å². The number of fused-ring (bicyclic) bond motifs is 2. The van der Waals surface area contributed by atoms with Crippen LogP contribution in [-0.4, -0.2) is 35.4 Å². The number of amides is 1. The normalized spacial score (nSPS) is 27.2. The number of nitrogens with one attached hydrogen (secondary N) is 1. The number of likely N-dealkylation sites (tertiary alicyclic amines) is 1. The first-order valence-electron chi connectivity index (χ1n) is 9.23. The van der Waals surface area contributed by atoms with Crippen LogP contribution in [0.15, 0.2) is 48.5 Å². The van der Waals surface area contributed by atoms with Crippen LogP contribution in [0.4, 0.5) is 5.69 Å². The standard InChI is InChI=1S/C21H23N3O3/c1-13(2)14-8-10-15(11-9-14)16-12-23(3)21(19(16)24(26)27)17-6-4-5-7-18(17)22-20(21)25/h4-11,13,16,19H,12H2,1-3H3,(H,22,25)/t16-,19-,21+/m0/s1. The molecule has 1 fully saturated rings. The predicted octanol–water partition coefficient (Wildman–Crippen LogP) is 3.33. The number of hydrogen-bond acceptors (Lipinski definition) is 4. The molecule has 2 aromatic carbocycles. The molecule has 3 atom stereocenters. The molecule has 2 aromatic rings. The summed E-state index contributed by atoms with van der Waals surface area (Å²) in [4.78, 5) is 26.8. The maximum Gasteiger partial charge on any atom is 0.256 e. The summed E-state index contributed by atoms with van der Waals surface area (Å²) in [6.07, 6.45) is 0. The molecule has 2 aliphatic rings. The Balaban J connectivity index is 1.84. The second kappa shape index (κ2) is 6.16. The van der Waals surface area contributed by atoms with Crippen molar-refractivity contribution in [2.75, 3.05) is 18.9 Å². The number of anilines is 1. The molecule has 6 heteroatoms. The number of benzene rings is 2. The van der Waals surface area contributed by atoms with Gasteiger partial charge in [0.2, 0.25) is 0 Å². The molecule has 1 N–H and O–H groups in total. The van der Waals surface area contributed by atoms with Gasteiger partial charge in [0.25, 0.3) is 11.9 Å². The number of nitro groups is 1. The minimum atomic E-state index is -1.28. The highest BCUT2D eigenvalue weighted by Gasteiger charge is 2.68. The molecule has 1 saturated heterocycles. The average Bonchev–Trinajstić information content (AvgIpc) is 3.11. The lowest BCUT2D eigenvalue weighted by Crippen LogP contribution is -2.54. The van der Waals surface area contributed by atoms with Crippen LogP contribution in [0.3, 0.4) is 0 Å². The van der Waals surface area contributed by atoms with E-state index in [1.807, 2.05) is 47.4 Å². The lowest BCUT2D eigenvalue weighted by Gasteiger charge is -2.30. The molecular formula is C21H23N3O3. The fraction of sp³-hybridized carbons (Fsp3) is 0.381. The molecule has 6 nitrogen and oxygen atoms in total. The SMILES string of the molecule is CC(C)c1ccc([C@@H]2CN(C)[C@@]3(C(=O)Nc4ccccc43)[C@H]2[N+](=O)[O-])cc1. The van der Waals surface area contributed by atoms with Crippen LogP contribution >= 0.6 is 0 Å². The van der Waals surface area contributed by atoms with Gasteiger partial charge in [-0.2, -0.15) is 0 Å². The van der Waals surface area contributed by atoms with E-state index >= 15 is 0 Å². The topological polar surface area (TPSA) is 75.5 Å². The van der Waals surface area contributed by atoms with Gasteiger partial charge in [-0.25, -0.2) is 0 Å². The van der Waals surface area contributed by atoms with Gasteiger partial charge in [0.15, 0.2) is 5.54 Å². The summed E-state index contributed by atoms with van der Waals surface area (Å²) >= 11 is 0. The van der Waals surface area contributed by atoms with Crippen LogP contribution in [0, 0.1) is 10.1 Å². The van der Waals surface area contributed by atoms with E-state index in [9.17, 15) is 14.9 Å². The van der Waals surface area contributed by atoms with Crippen molar-refractivity contribution in [1.29, 1.82) is 0 Å². The Labute approximate surface area is 158 Å². The Morgan fingerprint density at radius 1 is 1.19 bits per heavy atom. The third-order valence-corrected chi connectivity index (χ3v) is 6.07. The molecule has 1 spiro atoms. The van der Waals surface area contributed by atoms with Crippen LogP contribution in [0.1, 0.15) is 42.4 Å². The van der Waals surface area contributed by atoms with Crippen molar-refractivity contribution in [3.05, 3.63) is 75.3 Å². The van der Waals surface area contributed by atoms with Gasteiger partial charge in [-0.3, -0.25) is 19.8 Å². The first kappa shape index (κ1) is 17.7. The zero-order valence-corrected chi connectivity index (χ0v) is 15.7. The lowest BCUT2D eigenvalue weighted by atomic mass is 9.79. The molecule has 0 unspecified atom stereocenters. The predicted molar refractivity (Wildman–Crippen MR) is 103 cm³/mol. The number of rotatable bonds is 3. The van der Waals surface area contributed by atoms with E-state index in [1.165, 1.54) is 5.56 Å². The Kier molecular flexibility index (Phi) is 4.03. The summed E-state index contributed by atoms with van der Waals surface area (Å²) in [5.41, 5.74) is 2.18. The number of carbonyl (C=O) groups excluding carboxylic acids is 1. The number of nitrogens with zero attached hydrogens (tertiary/aromatic N) is 2. The first-order valence-corrected chi connectivity index (χ1v) is 9.23. The van der Waals surface area contributed by atoms with E-state index in [1.54, 1.807) is 13.1 Å². The van der Waals surface area contributed by atoms with Gasteiger partial charge in [0, 0.05) is 22.7 Å². The number of likely N-dealkylation sites (N-methyl/N-ethyl adjacent to an activating group) is 1.